The van der Waals surface area contributed by atoms with E-state index < -0.39 is 16.9 Å². The Hall–Kier alpha value is -2.81. The topological polar surface area (TPSA) is 123 Å². The molecule has 2 aromatic rings. The molecule has 0 spiro atoms. The highest BCUT2D eigenvalue weighted by atomic mass is 16.6. The number of aliphatic carboxylic acids is 1. The fourth-order valence-electron chi connectivity index (χ4n) is 4.35. The Morgan fingerprint density at radius 3 is 2.74 bits per heavy atom. The van der Waals surface area contributed by atoms with Crippen LogP contribution in [0, 0.1) is 16.0 Å². The van der Waals surface area contributed by atoms with Crippen LogP contribution in [0.5, 0.6) is 0 Å². The van der Waals surface area contributed by atoms with Crippen molar-refractivity contribution in [3.05, 3.63) is 40.3 Å². The highest BCUT2D eigenvalue weighted by molar-refractivity contribution is 5.74. The number of carboxylic acid groups (broad SMARTS) is 1. The molecule has 2 heterocycles. The maximum atomic E-state index is 11.7. The zero-order valence-corrected chi connectivity index (χ0v) is 14.7. The molecule has 3 unspecified atom stereocenters. The van der Waals surface area contributed by atoms with Crippen LogP contribution >= 0.6 is 0 Å². The average molecular weight is 372 g/mol. The fraction of sp³-hybridized carbons (Fsp3) is 0.500. The normalized spacial score (nSPS) is 25.3. The quantitative estimate of drug-likeness (QED) is 0.628. The van der Waals surface area contributed by atoms with E-state index in [1.165, 1.54) is 12.1 Å². The summed E-state index contributed by atoms with van der Waals surface area (Å²) in [6.07, 6.45) is 5.01. The van der Waals surface area contributed by atoms with Crippen molar-refractivity contribution in [3.63, 3.8) is 0 Å². The first-order valence-corrected chi connectivity index (χ1v) is 9.09. The second-order valence-electron chi connectivity index (χ2n) is 7.19. The number of fused-ring (bicyclic) bond motifs is 1. The molecule has 3 atom stereocenters. The number of rotatable bonds is 5. The summed E-state index contributed by atoms with van der Waals surface area (Å²) in [5.41, 5.74) is 0.606. The molecule has 27 heavy (non-hydrogen) atoms. The molecular weight excluding hydrogens is 352 g/mol. The van der Waals surface area contributed by atoms with E-state index >= 15 is 0 Å². The largest absolute Gasteiger partial charge is 0.480 e. The highest BCUT2D eigenvalue weighted by Gasteiger charge is 2.45. The number of hydrogen-bond acceptors (Lipinski definition) is 7. The van der Waals surface area contributed by atoms with Gasteiger partial charge in [-0.05, 0) is 37.3 Å². The SMILES string of the molecule is O=C(O)C1CC2CCCCC2N1Cc1nc(-c2ccc([N+](=O)[O-])cc2)no1. The minimum Gasteiger partial charge on any atom is -0.480 e. The predicted octanol–water partition coefficient (Wildman–Crippen LogP) is 2.86. The number of likely N-dealkylation sites (tertiary alicyclic amines) is 1. The molecule has 0 amide bonds. The Morgan fingerprint density at radius 2 is 2.04 bits per heavy atom. The second-order valence-corrected chi connectivity index (χ2v) is 7.19. The van der Waals surface area contributed by atoms with E-state index in [0.29, 0.717) is 36.2 Å². The van der Waals surface area contributed by atoms with Gasteiger partial charge in [-0.1, -0.05) is 18.0 Å². The zero-order chi connectivity index (χ0) is 19.0. The van der Waals surface area contributed by atoms with Gasteiger partial charge in [0.05, 0.1) is 11.5 Å². The summed E-state index contributed by atoms with van der Waals surface area (Å²) in [5.74, 6) is 0.309. The van der Waals surface area contributed by atoms with E-state index in [-0.39, 0.29) is 11.7 Å². The van der Waals surface area contributed by atoms with Gasteiger partial charge in [0.25, 0.3) is 5.69 Å². The van der Waals surface area contributed by atoms with Gasteiger partial charge in [-0.2, -0.15) is 4.98 Å². The second kappa shape index (κ2) is 7.07. The highest BCUT2D eigenvalue weighted by Crippen LogP contribution is 2.40. The Labute approximate surface area is 155 Å². The molecular formula is C18H20N4O5. The Kier molecular flexibility index (Phi) is 4.61. The van der Waals surface area contributed by atoms with Crippen LogP contribution in [0.4, 0.5) is 5.69 Å². The van der Waals surface area contributed by atoms with Crippen molar-refractivity contribution >= 4 is 11.7 Å². The number of carbonyl (C=O) groups is 1. The van der Waals surface area contributed by atoms with Crippen LogP contribution in [0.15, 0.2) is 28.8 Å². The van der Waals surface area contributed by atoms with E-state index in [4.69, 9.17) is 4.52 Å². The minimum atomic E-state index is -0.806. The molecule has 1 aliphatic carbocycles. The first-order valence-electron chi connectivity index (χ1n) is 9.09. The summed E-state index contributed by atoms with van der Waals surface area (Å²) in [6.45, 7) is 0.304. The first-order chi connectivity index (χ1) is 13.0. The lowest BCUT2D eigenvalue weighted by molar-refractivity contribution is -0.384. The number of hydrogen-bond donors (Lipinski definition) is 1. The molecule has 1 aromatic heterocycles. The summed E-state index contributed by atoms with van der Waals surface area (Å²) in [6, 6.07) is 5.64. The van der Waals surface area contributed by atoms with Crippen LogP contribution in [0.1, 0.15) is 38.0 Å². The average Bonchev–Trinajstić information content (AvgIpc) is 3.27. The zero-order valence-electron chi connectivity index (χ0n) is 14.7. The molecule has 1 aliphatic heterocycles. The van der Waals surface area contributed by atoms with Gasteiger partial charge in [0, 0.05) is 23.7 Å². The molecule has 1 N–H and O–H groups in total. The Bertz CT molecular complexity index is 850. The number of nitro benzene ring substituents is 1. The van der Waals surface area contributed by atoms with Crippen LogP contribution in [-0.2, 0) is 11.3 Å². The van der Waals surface area contributed by atoms with Gasteiger partial charge >= 0.3 is 5.97 Å². The van der Waals surface area contributed by atoms with Crippen LogP contribution in [0.2, 0.25) is 0 Å². The van der Waals surface area contributed by atoms with Crippen LogP contribution < -0.4 is 0 Å². The Morgan fingerprint density at radius 1 is 1.30 bits per heavy atom. The molecule has 2 aliphatic rings. The summed E-state index contributed by atoms with van der Waals surface area (Å²) < 4.78 is 5.34. The summed E-state index contributed by atoms with van der Waals surface area (Å²) in [4.78, 5) is 28.3. The maximum Gasteiger partial charge on any atom is 0.320 e. The van der Waals surface area contributed by atoms with Crippen molar-refractivity contribution in [1.82, 2.24) is 15.0 Å². The third-order valence-electron chi connectivity index (χ3n) is 5.63. The van der Waals surface area contributed by atoms with Gasteiger partial charge in [0.1, 0.15) is 6.04 Å². The molecule has 1 saturated heterocycles. The fourth-order valence-corrected chi connectivity index (χ4v) is 4.35. The predicted molar refractivity (Wildman–Crippen MR) is 93.7 cm³/mol. The third-order valence-corrected chi connectivity index (χ3v) is 5.63. The molecule has 9 nitrogen and oxygen atoms in total. The third kappa shape index (κ3) is 3.42. The lowest BCUT2D eigenvalue weighted by Crippen LogP contribution is -2.41. The lowest BCUT2D eigenvalue weighted by atomic mass is 9.85. The maximum absolute atomic E-state index is 11.7. The number of nitrogens with zero attached hydrogens (tertiary/aromatic N) is 4. The van der Waals surface area contributed by atoms with Gasteiger partial charge < -0.3 is 9.63 Å². The van der Waals surface area contributed by atoms with Gasteiger partial charge in [0.2, 0.25) is 11.7 Å². The van der Waals surface area contributed by atoms with Crippen molar-refractivity contribution in [2.45, 2.75) is 50.7 Å². The molecule has 0 bridgehead atoms. The summed E-state index contributed by atoms with van der Waals surface area (Å²) in [7, 11) is 0. The molecule has 9 heteroatoms. The van der Waals surface area contributed by atoms with E-state index in [1.807, 2.05) is 4.90 Å². The molecule has 4 rings (SSSR count). The van der Waals surface area contributed by atoms with E-state index in [0.717, 1.165) is 25.7 Å². The van der Waals surface area contributed by atoms with Crippen molar-refractivity contribution < 1.29 is 19.3 Å². The monoisotopic (exact) mass is 372 g/mol. The van der Waals surface area contributed by atoms with Gasteiger partial charge in [-0.15, -0.1) is 0 Å². The van der Waals surface area contributed by atoms with Crippen molar-refractivity contribution in [2.75, 3.05) is 0 Å². The number of benzene rings is 1. The minimum absolute atomic E-state index is 0.00725. The van der Waals surface area contributed by atoms with E-state index in [1.54, 1.807) is 12.1 Å². The molecule has 142 valence electrons. The van der Waals surface area contributed by atoms with E-state index in [9.17, 15) is 20.0 Å². The van der Waals surface area contributed by atoms with Crippen LogP contribution in [0.3, 0.4) is 0 Å². The van der Waals surface area contributed by atoms with Crippen molar-refractivity contribution in [1.29, 1.82) is 0 Å². The molecule has 2 fully saturated rings. The number of aromatic nitrogens is 2. The molecule has 0 radical (unpaired) electrons. The van der Waals surface area contributed by atoms with Crippen LogP contribution in [-0.4, -0.2) is 43.1 Å². The van der Waals surface area contributed by atoms with Crippen molar-refractivity contribution in [3.8, 4) is 11.4 Å². The van der Waals surface area contributed by atoms with Gasteiger partial charge in [-0.3, -0.25) is 19.8 Å². The van der Waals surface area contributed by atoms with Crippen LogP contribution in [0.25, 0.3) is 11.4 Å². The molecule has 1 aromatic carbocycles. The lowest BCUT2D eigenvalue weighted by Gasteiger charge is -2.31. The van der Waals surface area contributed by atoms with Gasteiger partial charge in [0.15, 0.2) is 0 Å². The standard InChI is InChI=1S/C18H20N4O5/c23-18(24)15-9-12-3-1-2-4-14(12)21(15)10-16-19-17(20-27-16)11-5-7-13(8-6-11)22(25)26/h5-8,12,14-15H,1-4,9-10H2,(H,23,24). The number of non-ortho nitro benzene ring substituents is 1. The number of carboxylic acids is 1. The van der Waals surface area contributed by atoms with Crippen molar-refractivity contribution in [2.24, 2.45) is 5.92 Å². The number of nitro groups is 1. The van der Waals surface area contributed by atoms with E-state index in [2.05, 4.69) is 10.1 Å². The first kappa shape index (κ1) is 17.6. The molecule has 1 saturated carbocycles. The smallest absolute Gasteiger partial charge is 0.320 e. The summed E-state index contributed by atoms with van der Waals surface area (Å²) >= 11 is 0. The Balaban J connectivity index is 1.52. The summed E-state index contributed by atoms with van der Waals surface area (Å²) in [5, 5.41) is 24.3. The van der Waals surface area contributed by atoms with Gasteiger partial charge in [-0.25, -0.2) is 0 Å².